The van der Waals surface area contributed by atoms with Crippen LogP contribution in [0.2, 0.25) is 0 Å². The Morgan fingerprint density at radius 2 is 1.89 bits per heavy atom. The summed E-state index contributed by atoms with van der Waals surface area (Å²) in [6, 6.07) is 8.59. The molecular weight excluding hydrogens is 368 g/mol. The van der Waals surface area contributed by atoms with E-state index in [1.807, 2.05) is 0 Å². The third-order valence-electron chi connectivity index (χ3n) is 3.78. The number of nitrogens with zero attached hydrogens (tertiary/aromatic N) is 3. The summed E-state index contributed by atoms with van der Waals surface area (Å²) in [7, 11) is 0. The number of rotatable bonds is 4. The first-order valence-corrected chi connectivity index (χ1v) is 7.70. The standard InChI is InChI=1S/C17H12F4N4O2/c18-11-6-5-10(13(7-11)17(19,20)21)8-22-15(26)9-25-16(27)12-3-1-2-4-14(12)23-24-25/h1-7H,8-9H2,(H,22,26). The third kappa shape index (κ3) is 4.10. The van der Waals surface area contributed by atoms with Crippen LogP contribution in [0.4, 0.5) is 17.6 Å². The quantitative estimate of drug-likeness (QED) is 0.705. The van der Waals surface area contributed by atoms with Gasteiger partial charge < -0.3 is 5.32 Å². The highest BCUT2D eigenvalue weighted by molar-refractivity contribution is 5.78. The van der Waals surface area contributed by atoms with Crippen molar-refractivity contribution in [3.05, 3.63) is 69.8 Å². The minimum Gasteiger partial charge on any atom is -0.350 e. The van der Waals surface area contributed by atoms with Crippen molar-refractivity contribution >= 4 is 16.8 Å². The normalized spacial score (nSPS) is 11.6. The first-order valence-electron chi connectivity index (χ1n) is 7.70. The van der Waals surface area contributed by atoms with Gasteiger partial charge in [0, 0.05) is 6.54 Å². The van der Waals surface area contributed by atoms with Gasteiger partial charge in [-0.1, -0.05) is 23.4 Å². The summed E-state index contributed by atoms with van der Waals surface area (Å²) in [6.07, 6.45) is -4.76. The minimum absolute atomic E-state index is 0.262. The van der Waals surface area contributed by atoms with Gasteiger partial charge in [0.25, 0.3) is 5.56 Å². The fourth-order valence-corrected chi connectivity index (χ4v) is 2.48. The van der Waals surface area contributed by atoms with Gasteiger partial charge in [0.2, 0.25) is 5.91 Å². The molecule has 0 saturated carbocycles. The molecule has 10 heteroatoms. The molecule has 0 spiro atoms. The van der Waals surface area contributed by atoms with Gasteiger partial charge in [-0.05, 0) is 29.8 Å². The van der Waals surface area contributed by atoms with Crippen LogP contribution in [-0.2, 0) is 24.1 Å². The smallest absolute Gasteiger partial charge is 0.350 e. The predicted molar refractivity (Wildman–Crippen MR) is 87.0 cm³/mol. The fraction of sp³-hybridized carbons (Fsp3) is 0.176. The zero-order chi connectivity index (χ0) is 19.6. The summed E-state index contributed by atoms with van der Waals surface area (Å²) < 4.78 is 52.8. The summed E-state index contributed by atoms with van der Waals surface area (Å²) in [5.41, 5.74) is -1.66. The van der Waals surface area contributed by atoms with Crippen LogP contribution in [0.1, 0.15) is 11.1 Å². The van der Waals surface area contributed by atoms with Crippen molar-refractivity contribution in [2.45, 2.75) is 19.3 Å². The van der Waals surface area contributed by atoms with E-state index < -0.39 is 42.1 Å². The zero-order valence-electron chi connectivity index (χ0n) is 13.6. The molecule has 1 aromatic heterocycles. The molecule has 2 aromatic carbocycles. The zero-order valence-corrected chi connectivity index (χ0v) is 13.6. The number of carbonyl (C=O) groups excluding carboxylic acids is 1. The van der Waals surface area contributed by atoms with E-state index in [0.29, 0.717) is 11.6 Å². The average Bonchev–Trinajstić information content (AvgIpc) is 2.62. The molecule has 3 rings (SSSR count). The molecule has 0 aliphatic rings. The van der Waals surface area contributed by atoms with Crippen molar-refractivity contribution < 1.29 is 22.4 Å². The largest absolute Gasteiger partial charge is 0.416 e. The SMILES string of the molecule is O=C(Cn1nnc2ccccc2c1=O)NCc1ccc(F)cc1C(F)(F)F. The molecule has 3 aromatic rings. The molecule has 0 bridgehead atoms. The number of hydrogen-bond donors (Lipinski definition) is 1. The van der Waals surface area contributed by atoms with Crippen LogP contribution in [0.15, 0.2) is 47.3 Å². The molecule has 1 heterocycles. The molecule has 1 amide bonds. The van der Waals surface area contributed by atoms with Crippen LogP contribution in [0.25, 0.3) is 10.9 Å². The highest BCUT2D eigenvalue weighted by atomic mass is 19.4. The lowest BCUT2D eigenvalue weighted by Crippen LogP contribution is -2.34. The summed E-state index contributed by atoms with van der Waals surface area (Å²) in [5.74, 6) is -1.77. The Bertz CT molecular complexity index is 1060. The van der Waals surface area contributed by atoms with Crippen LogP contribution in [0, 0.1) is 5.82 Å². The van der Waals surface area contributed by atoms with E-state index >= 15 is 0 Å². The van der Waals surface area contributed by atoms with Crippen molar-refractivity contribution in [3.8, 4) is 0 Å². The minimum atomic E-state index is -4.76. The molecule has 1 N–H and O–H groups in total. The molecular formula is C17H12F4N4O2. The molecule has 0 atom stereocenters. The second-order valence-electron chi connectivity index (χ2n) is 5.65. The van der Waals surface area contributed by atoms with Crippen molar-refractivity contribution in [2.75, 3.05) is 0 Å². The number of halogens is 4. The van der Waals surface area contributed by atoms with Crippen LogP contribution >= 0.6 is 0 Å². The first-order chi connectivity index (χ1) is 12.8. The monoisotopic (exact) mass is 380 g/mol. The van der Waals surface area contributed by atoms with E-state index in [2.05, 4.69) is 15.6 Å². The van der Waals surface area contributed by atoms with Gasteiger partial charge in [0.1, 0.15) is 17.9 Å². The Labute approximate surface area is 149 Å². The lowest BCUT2D eigenvalue weighted by atomic mass is 10.1. The van der Waals surface area contributed by atoms with Crippen LogP contribution < -0.4 is 10.9 Å². The number of carbonyl (C=O) groups is 1. The van der Waals surface area contributed by atoms with Gasteiger partial charge in [-0.2, -0.15) is 13.2 Å². The van der Waals surface area contributed by atoms with Crippen LogP contribution in [0.3, 0.4) is 0 Å². The Hall–Kier alpha value is -3.30. The molecule has 0 aliphatic heterocycles. The van der Waals surface area contributed by atoms with E-state index in [4.69, 9.17) is 0 Å². The first kappa shape index (κ1) is 18.5. The third-order valence-corrected chi connectivity index (χ3v) is 3.78. The predicted octanol–water partition coefficient (Wildman–Crippen LogP) is 2.27. The van der Waals surface area contributed by atoms with Gasteiger partial charge in [-0.15, -0.1) is 5.10 Å². The Morgan fingerprint density at radius 3 is 2.63 bits per heavy atom. The Kier molecular flexibility index (Phi) is 4.89. The summed E-state index contributed by atoms with van der Waals surface area (Å²) in [5, 5.41) is 9.97. The van der Waals surface area contributed by atoms with Gasteiger partial charge >= 0.3 is 6.18 Å². The fourth-order valence-electron chi connectivity index (χ4n) is 2.48. The highest BCUT2D eigenvalue weighted by Crippen LogP contribution is 2.32. The molecule has 0 unspecified atom stereocenters. The molecule has 6 nitrogen and oxygen atoms in total. The second kappa shape index (κ2) is 7.14. The number of aromatic nitrogens is 3. The number of amides is 1. The maximum Gasteiger partial charge on any atom is 0.416 e. The average molecular weight is 380 g/mol. The molecule has 0 aliphatic carbocycles. The molecule has 0 radical (unpaired) electrons. The van der Waals surface area contributed by atoms with Crippen molar-refractivity contribution in [1.82, 2.24) is 20.3 Å². The van der Waals surface area contributed by atoms with Gasteiger partial charge in [-0.3, -0.25) is 9.59 Å². The van der Waals surface area contributed by atoms with E-state index in [9.17, 15) is 27.2 Å². The number of hydrogen-bond acceptors (Lipinski definition) is 4. The maximum absolute atomic E-state index is 13.1. The molecule has 27 heavy (non-hydrogen) atoms. The van der Waals surface area contributed by atoms with E-state index in [-0.39, 0.29) is 10.9 Å². The molecule has 140 valence electrons. The summed E-state index contributed by atoms with van der Waals surface area (Å²) in [6.45, 7) is -0.997. The highest BCUT2D eigenvalue weighted by Gasteiger charge is 2.33. The second-order valence-corrected chi connectivity index (χ2v) is 5.65. The van der Waals surface area contributed by atoms with Crippen molar-refractivity contribution in [3.63, 3.8) is 0 Å². The van der Waals surface area contributed by atoms with Gasteiger partial charge in [0.05, 0.1) is 10.9 Å². The maximum atomic E-state index is 13.1. The summed E-state index contributed by atoms with van der Waals surface area (Å²) in [4.78, 5) is 24.3. The molecule has 0 fully saturated rings. The van der Waals surface area contributed by atoms with Crippen molar-refractivity contribution in [1.29, 1.82) is 0 Å². The summed E-state index contributed by atoms with van der Waals surface area (Å²) >= 11 is 0. The van der Waals surface area contributed by atoms with Crippen LogP contribution in [-0.4, -0.2) is 20.9 Å². The number of nitrogens with one attached hydrogen (secondary N) is 1. The molecule has 0 saturated heterocycles. The van der Waals surface area contributed by atoms with Crippen LogP contribution in [0.5, 0.6) is 0 Å². The van der Waals surface area contributed by atoms with E-state index in [0.717, 1.165) is 16.8 Å². The Morgan fingerprint density at radius 1 is 1.15 bits per heavy atom. The topological polar surface area (TPSA) is 76.9 Å². The number of benzene rings is 2. The number of fused-ring (bicyclic) bond motifs is 1. The van der Waals surface area contributed by atoms with E-state index in [1.54, 1.807) is 18.2 Å². The lowest BCUT2D eigenvalue weighted by molar-refractivity contribution is -0.138. The van der Waals surface area contributed by atoms with E-state index in [1.165, 1.54) is 6.07 Å². The number of alkyl halides is 3. The lowest BCUT2D eigenvalue weighted by Gasteiger charge is -2.13. The van der Waals surface area contributed by atoms with Gasteiger partial charge in [-0.25, -0.2) is 9.07 Å². The van der Waals surface area contributed by atoms with Gasteiger partial charge in [0.15, 0.2) is 0 Å². The van der Waals surface area contributed by atoms with Crippen molar-refractivity contribution in [2.24, 2.45) is 0 Å². The Balaban J connectivity index is 1.75.